The minimum Gasteiger partial charge on any atom is -0.293 e. The van der Waals surface area contributed by atoms with Crippen LogP contribution in [0.4, 0.5) is 0 Å². The zero-order valence-electron chi connectivity index (χ0n) is 10.9. The maximum atomic E-state index is 12.2. The number of thioether (sulfide) groups is 1. The first-order valence-electron chi connectivity index (χ1n) is 6.06. The highest BCUT2D eigenvalue weighted by Crippen LogP contribution is 2.26. The minimum absolute atomic E-state index is 0.0716. The van der Waals surface area contributed by atoms with Crippen LogP contribution in [0.25, 0.3) is 0 Å². The monoisotopic (exact) mass is 304 g/mol. The average molecular weight is 305 g/mol. The molecule has 1 rings (SSSR count). The summed E-state index contributed by atoms with van der Waals surface area (Å²) in [6.45, 7) is 6.29. The van der Waals surface area contributed by atoms with Crippen molar-refractivity contribution < 1.29 is 4.79 Å². The summed E-state index contributed by atoms with van der Waals surface area (Å²) in [5, 5.41) is 0.914. The third-order valence-corrected chi connectivity index (χ3v) is 4.92. The van der Waals surface area contributed by atoms with E-state index in [0.717, 1.165) is 12.2 Å². The SMILES string of the molecule is CCC(C)CSC(C)C(=O)c1ccc(Cl)cc1Cl. The number of Topliss-reactive ketones (excluding diaryl/α,β-unsaturated/α-hetero) is 1. The molecule has 0 aliphatic carbocycles. The van der Waals surface area contributed by atoms with Gasteiger partial charge in [0.25, 0.3) is 0 Å². The summed E-state index contributed by atoms with van der Waals surface area (Å²) in [5.74, 6) is 1.70. The number of ketones is 1. The molecule has 2 unspecified atom stereocenters. The van der Waals surface area contributed by atoms with Crippen molar-refractivity contribution in [2.75, 3.05) is 5.75 Å². The molecule has 0 spiro atoms. The van der Waals surface area contributed by atoms with Crippen LogP contribution >= 0.6 is 35.0 Å². The van der Waals surface area contributed by atoms with Gasteiger partial charge in [0.2, 0.25) is 0 Å². The third-order valence-electron chi connectivity index (χ3n) is 2.89. The Morgan fingerprint density at radius 1 is 1.33 bits per heavy atom. The van der Waals surface area contributed by atoms with Crippen molar-refractivity contribution in [3.63, 3.8) is 0 Å². The lowest BCUT2D eigenvalue weighted by atomic mass is 10.1. The van der Waals surface area contributed by atoms with Crippen molar-refractivity contribution in [2.24, 2.45) is 5.92 Å². The lowest BCUT2D eigenvalue weighted by Gasteiger charge is -2.14. The van der Waals surface area contributed by atoms with E-state index in [0.29, 0.717) is 21.5 Å². The zero-order chi connectivity index (χ0) is 13.7. The summed E-state index contributed by atoms with van der Waals surface area (Å²) in [5.41, 5.74) is 0.560. The van der Waals surface area contributed by atoms with Crippen molar-refractivity contribution in [2.45, 2.75) is 32.4 Å². The van der Waals surface area contributed by atoms with Gasteiger partial charge in [-0.2, -0.15) is 11.8 Å². The molecule has 0 bridgehead atoms. The topological polar surface area (TPSA) is 17.1 Å². The molecule has 1 aromatic carbocycles. The molecule has 2 atom stereocenters. The second-order valence-electron chi connectivity index (χ2n) is 4.48. The van der Waals surface area contributed by atoms with Crippen LogP contribution in [0, 0.1) is 5.92 Å². The Hall–Kier alpha value is -0.180. The predicted molar refractivity (Wildman–Crippen MR) is 82.2 cm³/mol. The Labute approximate surface area is 123 Å². The van der Waals surface area contributed by atoms with Crippen LogP contribution in [-0.2, 0) is 0 Å². The van der Waals surface area contributed by atoms with Crippen LogP contribution in [-0.4, -0.2) is 16.8 Å². The highest BCUT2D eigenvalue weighted by Gasteiger charge is 2.19. The predicted octanol–water partition coefficient (Wildman–Crippen LogP) is 5.34. The van der Waals surface area contributed by atoms with E-state index in [-0.39, 0.29) is 11.0 Å². The maximum Gasteiger partial charge on any atom is 0.177 e. The molecule has 1 nitrogen and oxygen atoms in total. The Morgan fingerprint density at radius 2 is 2.00 bits per heavy atom. The molecule has 4 heteroatoms. The van der Waals surface area contributed by atoms with Gasteiger partial charge in [0.15, 0.2) is 5.78 Å². The summed E-state index contributed by atoms with van der Waals surface area (Å²) in [6.07, 6.45) is 1.13. The van der Waals surface area contributed by atoms with Gasteiger partial charge < -0.3 is 0 Å². The van der Waals surface area contributed by atoms with E-state index in [1.165, 1.54) is 0 Å². The fourth-order valence-electron chi connectivity index (χ4n) is 1.41. The van der Waals surface area contributed by atoms with Crippen LogP contribution in [0.5, 0.6) is 0 Å². The summed E-state index contributed by atoms with van der Waals surface area (Å²) < 4.78 is 0. The third kappa shape index (κ3) is 4.49. The maximum absolute atomic E-state index is 12.2. The van der Waals surface area contributed by atoms with E-state index in [9.17, 15) is 4.79 Å². The fraction of sp³-hybridized carbons (Fsp3) is 0.500. The average Bonchev–Trinajstić information content (AvgIpc) is 2.34. The van der Waals surface area contributed by atoms with Gasteiger partial charge in [-0.1, -0.05) is 43.5 Å². The molecule has 0 aliphatic rings. The van der Waals surface area contributed by atoms with Crippen molar-refractivity contribution >= 4 is 40.7 Å². The normalized spacial score (nSPS) is 14.3. The summed E-state index contributed by atoms with van der Waals surface area (Å²) in [6, 6.07) is 5.02. The molecular formula is C14H18Cl2OS. The molecule has 0 aromatic heterocycles. The smallest absolute Gasteiger partial charge is 0.177 e. The quantitative estimate of drug-likeness (QED) is 0.659. The van der Waals surface area contributed by atoms with Gasteiger partial charge in [-0.05, 0) is 36.8 Å². The summed E-state index contributed by atoms with van der Waals surface area (Å²) in [7, 11) is 0. The zero-order valence-corrected chi connectivity index (χ0v) is 13.2. The van der Waals surface area contributed by atoms with Gasteiger partial charge in [0, 0.05) is 10.6 Å². The van der Waals surface area contributed by atoms with Gasteiger partial charge in [-0.3, -0.25) is 4.79 Å². The number of carbonyl (C=O) groups excluding carboxylic acids is 1. The summed E-state index contributed by atoms with van der Waals surface area (Å²) in [4.78, 5) is 12.2. The van der Waals surface area contributed by atoms with Crippen molar-refractivity contribution in [3.8, 4) is 0 Å². The van der Waals surface area contributed by atoms with Gasteiger partial charge >= 0.3 is 0 Å². The minimum atomic E-state index is -0.0716. The Morgan fingerprint density at radius 3 is 2.56 bits per heavy atom. The second-order valence-corrected chi connectivity index (χ2v) is 6.69. The Balaban J connectivity index is 2.68. The Kier molecular flexibility index (Phi) is 6.54. The van der Waals surface area contributed by atoms with Crippen LogP contribution in [0.2, 0.25) is 10.0 Å². The molecule has 100 valence electrons. The molecule has 0 amide bonds. The van der Waals surface area contributed by atoms with E-state index in [1.807, 2.05) is 6.92 Å². The molecule has 0 saturated heterocycles. The lowest BCUT2D eigenvalue weighted by Crippen LogP contribution is -2.16. The number of halogens is 2. The number of hydrogen-bond acceptors (Lipinski definition) is 2. The number of carbonyl (C=O) groups is 1. The van der Waals surface area contributed by atoms with Crippen LogP contribution in [0.15, 0.2) is 18.2 Å². The summed E-state index contributed by atoms with van der Waals surface area (Å²) >= 11 is 13.5. The van der Waals surface area contributed by atoms with Crippen LogP contribution in [0.3, 0.4) is 0 Å². The lowest BCUT2D eigenvalue weighted by molar-refractivity contribution is 0.0994. The molecule has 0 fully saturated rings. The molecule has 0 heterocycles. The molecule has 0 saturated carbocycles. The highest BCUT2D eigenvalue weighted by atomic mass is 35.5. The van der Waals surface area contributed by atoms with Crippen molar-refractivity contribution in [1.82, 2.24) is 0 Å². The van der Waals surface area contributed by atoms with Crippen LogP contribution in [0.1, 0.15) is 37.6 Å². The molecule has 1 aromatic rings. The molecular weight excluding hydrogens is 287 g/mol. The highest BCUT2D eigenvalue weighted by molar-refractivity contribution is 8.00. The first-order valence-corrected chi connectivity index (χ1v) is 7.87. The van der Waals surface area contributed by atoms with Crippen LogP contribution < -0.4 is 0 Å². The first-order chi connectivity index (χ1) is 8.45. The number of benzene rings is 1. The van der Waals surface area contributed by atoms with E-state index in [4.69, 9.17) is 23.2 Å². The Bertz CT molecular complexity index is 420. The number of rotatable bonds is 6. The van der Waals surface area contributed by atoms with E-state index >= 15 is 0 Å². The van der Waals surface area contributed by atoms with Gasteiger partial charge in [0.1, 0.15) is 0 Å². The first kappa shape index (κ1) is 15.9. The molecule has 0 radical (unpaired) electrons. The van der Waals surface area contributed by atoms with Gasteiger partial charge in [-0.25, -0.2) is 0 Å². The standard InChI is InChI=1S/C14H18Cl2OS/c1-4-9(2)8-18-10(3)14(17)12-6-5-11(15)7-13(12)16/h5-7,9-10H,4,8H2,1-3H3. The van der Waals surface area contributed by atoms with E-state index < -0.39 is 0 Å². The van der Waals surface area contributed by atoms with Crippen molar-refractivity contribution in [3.05, 3.63) is 33.8 Å². The van der Waals surface area contributed by atoms with E-state index in [2.05, 4.69) is 13.8 Å². The molecule has 18 heavy (non-hydrogen) atoms. The second kappa shape index (κ2) is 7.42. The molecule has 0 N–H and O–H groups in total. The van der Waals surface area contributed by atoms with Crippen molar-refractivity contribution in [1.29, 1.82) is 0 Å². The molecule has 0 aliphatic heterocycles. The van der Waals surface area contributed by atoms with Gasteiger partial charge in [0.05, 0.1) is 10.3 Å². The fourth-order valence-corrected chi connectivity index (χ4v) is 3.04. The number of hydrogen-bond donors (Lipinski definition) is 0. The van der Waals surface area contributed by atoms with Gasteiger partial charge in [-0.15, -0.1) is 0 Å². The van der Waals surface area contributed by atoms with E-state index in [1.54, 1.807) is 30.0 Å². The largest absolute Gasteiger partial charge is 0.293 e.